The van der Waals surface area contributed by atoms with Crippen molar-refractivity contribution in [3.05, 3.63) is 247 Å². The van der Waals surface area contributed by atoms with Gasteiger partial charge >= 0.3 is 0 Å². The molecule has 0 amide bonds. The zero-order valence-corrected chi connectivity index (χ0v) is 32.0. The third-order valence-corrected chi connectivity index (χ3v) is 12.9. The summed E-state index contributed by atoms with van der Waals surface area (Å²) in [6.07, 6.45) is 0. The Morgan fingerprint density at radius 1 is 0.333 bits per heavy atom. The molecule has 57 heavy (non-hydrogen) atoms. The number of anilines is 3. The molecule has 1 aliphatic rings. The summed E-state index contributed by atoms with van der Waals surface area (Å²) >= 11 is 1.87. The summed E-state index contributed by atoms with van der Waals surface area (Å²) in [5.74, 6) is 0. The predicted octanol–water partition coefficient (Wildman–Crippen LogP) is 15.2. The zero-order valence-electron chi connectivity index (χ0n) is 31.2. The number of fused-ring (bicyclic) bond motifs is 6. The van der Waals surface area contributed by atoms with Crippen LogP contribution in [0.4, 0.5) is 17.1 Å². The first-order valence-electron chi connectivity index (χ1n) is 19.6. The Labute approximate surface area is 337 Å². The Morgan fingerprint density at radius 3 is 1.47 bits per heavy atom. The van der Waals surface area contributed by atoms with E-state index in [1.807, 2.05) is 11.3 Å². The van der Waals surface area contributed by atoms with Crippen molar-refractivity contribution in [3.8, 4) is 33.4 Å². The van der Waals surface area contributed by atoms with Gasteiger partial charge in [0.25, 0.3) is 0 Å². The van der Waals surface area contributed by atoms with Gasteiger partial charge in [0, 0.05) is 37.2 Å². The second kappa shape index (κ2) is 13.6. The van der Waals surface area contributed by atoms with Crippen LogP contribution in [0.2, 0.25) is 0 Å². The summed E-state index contributed by atoms with van der Waals surface area (Å²) in [6.45, 7) is 0. The lowest BCUT2D eigenvalue weighted by atomic mass is 9.68. The molecule has 0 unspecified atom stereocenters. The van der Waals surface area contributed by atoms with E-state index in [2.05, 4.69) is 229 Å². The average molecular weight is 744 g/mol. The van der Waals surface area contributed by atoms with Crippen molar-refractivity contribution in [1.82, 2.24) is 0 Å². The molecule has 2 heteroatoms. The topological polar surface area (TPSA) is 3.24 Å². The van der Waals surface area contributed by atoms with Gasteiger partial charge in [0.1, 0.15) is 0 Å². The van der Waals surface area contributed by atoms with E-state index in [4.69, 9.17) is 0 Å². The Morgan fingerprint density at radius 2 is 0.825 bits per heavy atom. The van der Waals surface area contributed by atoms with E-state index in [-0.39, 0.29) is 0 Å². The zero-order chi connectivity index (χ0) is 37.8. The molecular formula is C55H37NS. The fourth-order valence-electron chi connectivity index (χ4n) is 9.27. The van der Waals surface area contributed by atoms with Crippen molar-refractivity contribution in [2.75, 3.05) is 4.90 Å². The molecule has 9 aromatic carbocycles. The van der Waals surface area contributed by atoms with Crippen molar-refractivity contribution in [2.45, 2.75) is 5.41 Å². The van der Waals surface area contributed by atoms with Crippen LogP contribution in [0.1, 0.15) is 22.3 Å². The molecule has 1 aromatic heterocycles. The van der Waals surface area contributed by atoms with Crippen molar-refractivity contribution in [1.29, 1.82) is 0 Å². The quantitative estimate of drug-likeness (QED) is 0.157. The van der Waals surface area contributed by atoms with Gasteiger partial charge in [-0.2, -0.15) is 0 Å². The number of benzene rings is 9. The van der Waals surface area contributed by atoms with E-state index in [0.717, 1.165) is 17.1 Å². The van der Waals surface area contributed by atoms with E-state index in [1.165, 1.54) is 75.8 Å². The van der Waals surface area contributed by atoms with Gasteiger partial charge < -0.3 is 4.90 Å². The molecular weight excluding hydrogens is 707 g/mol. The van der Waals surface area contributed by atoms with Crippen LogP contribution in [0.3, 0.4) is 0 Å². The van der Waals surface area contributed by atoms with E-state index in [9.17, 15) is 0 Å². The molecule has 0 atom stereocenters. The number of hydrogen-bond donors (Lipinski definition) is 0. The summed E-state index contributed by atoms with van der Waals surface area (Å²) < 4.78 is 2.59. The normalized spacial score (nSPS) is 12.7. The standard InChI is InChI=1S/C55H37NS/c1-4-15-38(16-5-1)39-27-31-43(32-28-39)56(45-35-36-52-49(37-45)54-46(23-14-26-53(54)57-52)40-17-6-2-7-18-40)44-33-29-42(30-34-44)55(41-19-8-3-9-20-41)50-24-12-10-21-47(50)48-22-11-13-25-51(48)55/h1-37H. The SMILES string of the molecule is c1ccc(-c2ccc(N(c3ccc(C4(c5ccccc5)c5ccccc5-c5ccccc54)cc3)c3ccc4sc5cccc(-c6ccccc6)c5c4c3)cc2)cc1. The average Bonchev–Trinajstić information content (AvgIpc) is 3.82. The molecule has 0 radical (unpaired) electrons. The summed E-state index contributed by atoms with van der Waals surface area (Å²) in [5, 5.41) is 2.58. The van der Waals surface area contributed by atoms with Gasteiger partial charge in [0.15, 0.2) is 0 Å². The van der Waals surface area contributed by atoms with Gasteiger partial charge in [-0.1, -0.05) is 176 Å². The van der Waals surface area contributed by atoms with Gasteiger partial charge in [0.05, 0.1) is 5.41 Å². The van der Waals surface area contributed by atoms with Crippen LogP contribution in [-0.4, -0.2) is 0 Å². The minimum atomic E-state index is -0.447. The van der Waals surface area contributed by atoms with E-state index in [1.54, 1.807) is 0 Å². The minimum Gasteiger partial charge on any atom is -0.310 e. The van der Waals surface area contributed by atoms with Crippen LogP contribution < -0.4 is 4.90 Å². The molecule has 0 saturated carbocycles. The maximum Gasteiger partial charge on any atom is 0.0713 e. The Balaban J connectivity index is 1.10. The van der Waals surface area contributed by atoms with Crippen molar-refractivity contribution in [3.63, 3.8) is 0 Å². The predicted molar refractivity (Wildman–Crippen MR) is 242 cm³/mol. The highest BCUT2D eigenvalue weighted by atomic mass is 32.1. The second-order valence-electron chi connectivity index (χ2n) is 14.8. The van der Waals surface area contributed by atoms with E-state index >= 15 is 0 Å². The fourth-order valence-corrected chi connectivity index (χ4v) is 10.4. The Kier molecular flexibility index (Phi) is 7.98. The number of rotatable bonds is 7. The van der Waals surface area contributed by atoms with Gasteiger partial charge in [-0.15, -0.1) is 11.3 Å². The first-order valence-corrected chi connectivity index (χ1v) is 20.4. The van der Waals surface area contributed by atoms with Gasteiger partial charge in [0.2, 0.25) is 0 Å². The summed E-state index contributed by atoms with van der Waals surface area (Å²) in [7, 11) is 0. The highest BCUT2D eigenvalue weighted by molar-refractivity contribution is 7.26. The van der Waals surface area contributed by atoms with Gasteiger partial charge in [-0.05, 0) is 104 Å². The smallest absolute Gasteiger partial charge is 0.0713 e. The Bertz CT molecular complexity index is 2990. The van der Waals surface area contributed by atoms with E-state index < -0.39 is 5.41 Å². The third-order valence-electron chi connectivity index (χ3n) is 11.8. The number of nitrogens with zero attached hydrogens (tertiary/aromatic N) is 1. The lowest BCUT2D eigenvalue weighted by molar-refractivity contribution is 0.768. The highest BCUT2D eigenvalue weighted by Crippen LogP contribution is 2.56. The first-order chi connectivity index (χ1) is 28.3. The molecule has 0 saturated heterocycles. The van der Waals surface area contributed by atoms with Crippen LogP contribution in [0, 0.1) is 0 Å². The largest absolute Gasteiger partial charge is 0.310 e. The summed E-state index contributed by atoms with van der Waals surface area (Å²) in [6, 6.07) is 82.4. The van der Waals surface area contributed by atoms with E-state index in [0.29, 0.717) is 0 Å². The molecule has 1 heterocycles. The summed E-state index contributed by atoms with van der Waals surface area (Å²) in [5.41, 5.74) is 15.6. The maximum atomic E-state index is 2.42. The lowest BCUT2D eigenvalue weighted by Gasteiger charge is -2.34. The third kappa shape index (κ3) is 5.37. The lowest BCUT2D eigenvalue weighted by Crippen LogP contribution is -2.28. The minimum absolute atomic E-state index is 0.447. The van der Waals surface area contributed by atoms with Crippen molar-refractivity contribution < 1.29 is 0 Å². The van der Waals surface area contributed by atoms with Crippen LogP contribution in [-0.2, 0) is 5.41 Å². The molecule has 0 N–H and O–H groups in total. The van der Waals surface area contributed by atoms with Crippen molar-refractivity contribution in [2.24, 2.45) is 0 Å². The van der Waals surface area contributed by atoms with Crippen LogP contribution >= 0.6 is 11.3 Å². The number of hydrogen-bond acceptors (Lipinski definition) is 2. The molecule has 11 rings (SSSR count). The number of thiophene rings is 1. The Hall–Kier alpha value is -7.00. The second-order valence-corrected chi connectivity index (χ2v) is 15.9. The van der Waals surface area contributed by atoms with Crippen LogP contribution in [0.5, 0.6) is 0 Å². The molecule has 0 fully saturated rings. The van der Waals surface area contributed by atoms with Gasteiger partial charge in [-0.3, -0.25) is 0 Å². The maximum absolute atomic E-state index is 2.42. The molecule has 1 aliphatic carbocycles. The molecule has 0 bridgehead atoms. The first kappa shape index (κ1) is 33.3. The molecule has 10 aromatic rings. The van der Waals surface area contributed by atoms with Crippen LogP contribution in [0.15, 0.2) is 224 Å². The molecule has 0 aliphatic heterocycles. The molecule has 0 spiro atoms. The monoisotopic (exact) mass is 743 g/mol. The van der Waals surface area contributed by atoms with Crippen LogP contribution in [0.25, 0.3) is 53.6 Å². The van der Waals surface area contributed by atoms with Gasteiger partial charge in [-0.25, -0.2) is 0 Å². The highest BCUT2D eigenvalue weighted by Gasteiger charge is 2.45. The molecule has 1 nitrogen and oxygen atoms in total. The fraction of sp³-hybridized carbons (Fsp3) is 0.0182. The summed E-state index contributed by atoms with van der Waals surface area (Å²) in [4.78, 5) is 2.42. The van der Waals surface area contributed by atoms with Crippen molar-refractivity contribution >= 4 is 48.6 Å². The molecule has 268 valence electrons.